The lowest BCUT2D eigenvalue weighted by Gasteiger charge is -2.50. The van der Waals surface area contributed by atoms with Gasteiger partial charge in [-0.15, -0.1) is 0 Å². The van der Waals surface area contributed by atoms with Gasteiger partial charge in [0, 0.05) is 55.6 Å². The van der Waals surface area contributed by atoms with Crippen molar-refractivity contribution in [2.45, 2.75) is 110 Å². The molecule has 0 N–H and O–H groups in total. The first-order valence-corrected chi connectivity index (χ1v) is 14.1. The third-order valence-corrected chi connectivity index (χ3v) is 6.70. The van der Waals surface area contributed by atoms with Crippen LogP contribution in [0.4, 0.5) is 0 Å². The molecule has 2 saturated heterocycles. The maximum absolute atomic E-state index is 13.0. The van der Waals surface area contributed by atoms with Gasteiger partial charge in [0.15, 0.2) is 43.1 Å². The summed E-state index contributed by atoms with van der Waals surface area (Å²) in [6, 6.07) is -1.77. The average Bonchev–Trinajstić information content (AvgIpc) is 2.94. The van der Waals surface area contributed by atoms with Gasteiger partial charge in [0.05, 0.1) is 7.11 Å². The van der Waals surface area contributed by atoms with Gasteiger partial charge in [-0.05, 0) is 0 Å². The molecule has 0 aromatic carbocycles. The quantitative estimate of drug-likeness (QED) is 0.182. The largest absolute Gasteiger partial charge is 0.467 e. The van der Waals surface area contributed by atoms with Crippen LogP contribution in [-0.4, -0.2) is 135 Å². The lowest BCUT2D eigenvalue weighted by molar-refractivity contribution is -0.345. The number of rotatable bonds is 11. The lowest BCUT2D eigenvalue weighted by Crippen LogP contribution is -2.70. The number of hydrogen-bond donors (Lipinski definition) is 0. The summed E-state index contributed by atoms with van der Waals surface area (Å²) >= 11 is 0. The summed E-state index contributed by atoms with van der Waals surface area (Å²) in [5, 5.41) is 0. The smallest absolute Gasteiger partial charge is 0.338 e. The maximum atomic E-state index is 13.0. The Hall–Kier alpha value is -4.20. The van der Waals surface area contributed by atoms with Crippen LogP contribution >= 0.6 is 0 Å². The highest BCUT2D eigenvalue weighted by Crippen LogP contribution is 2.36. The molecule has 47 heavy (non-hydrogen) atoms. The second-order valence-corrected chi connectivity index (χ2v) is 10.3. The molecule has 10 atom stereocenters. The Morgan fingerprint density at radius 3 is 1.51 bits per heavy atom. The molecule has 0 unspecified atom stereocenters. The Kier molecular flexibility index (Phi) is 14.2. The number of amides is 2. The van der Waals surface area contributed by atoms with E-state index in [0.717, 1.165) is 62.7 Å². The molecule has 264 valence electrons. The van der Waals surface area contributed by atoms with Gasteiger partial charge < -0.3 is 47.4 Å². The van der Waals surface area contributed by atoms with Gasteiger partial charge in [0.25, 0.3) is 0 Å². The van der Waals surface area contributed by atoms with Crippen LogP contribution in [0.15, 0.2) is 0 Å². The number of ether oxygens (including phenoxy) is 10. The third kappa shape index (κ3) is 10.1. The summed E-state index contributed by atoms with van der Waals surface area (Å²) in [5.74, 6) is -7.37. The summed E-state index contributed by atoms with van der Waals surface area (Å²) in [7, 11) is 2.16. The van der Waals surface area contributed by atoms with E-state index in [1.165, 1.54) is 0 Å². The highest BCUT2D eigenvalue weighted by atomic mass is 16.8. The van der Waals surface area contributed by atoms with Crippen molar-refractivity contribution in [3.63, 3.8) is 0 Å². The first-order valence-electron chi connectivity index (χ1n) is 14.1. The molecule has 2 amide bonds. The number of nitrogens with zero attached hydrogens (tertiary/aromatic N) is 1. The fourth-order valence-electron chi connectivity index (χ4n) is 5.16. The zero-order chi connectivity index (χ0) is 35.7. The fourth-order valence-corrected chi connectivity index (χ4v) is 5.16. The van der Waals surface area contributed by atoms with E-state index in [9.17, 15) is 38.4 Å². The number of carbonyl (C=O) groups excluding carboxylic acids is 8. The lowest BCUT2D eigenvalue weighted by atomic mass is 9.93. The monoisotopic (exact) mass is 677 g/mol. The van der Waals surface area contributed by atoms with Gasteiger partial charge in [-0.3, -0.25) is 38.5 Å². The average molecular weight is 678 g/mol. The Morgan fingerprint density at radius 1 is 0.574 bits per heavy atom. The molecule has 2 aliphatic heterocycles. The van der Waals surface area contributed by atoms with Crippen LogP contribution in [0.1, 0.15) is 48.5 Å². The molecular formula is C28H39NO18. The van der Waals surface area contributed by atoms with Crippen molar-refractivity contribution in [1.82, 2.24) is 4.90 Å². The molecule has 2 rings (SSSR count). The standard InChI is InChI=1S/C28H39NO18/c1-11(30)29(12(2)31)19-21(42-15(5)34)20(41-14(4)33)18(10-40-13(3)32)45-27(19)46-22-23(43-16(6)35)25(44-17(7)36)28(39-9)47-24(22)26(37)38-8/h18-25,27-28H,10H2,1-9H3/t18-,19-,20+,21-,22+,23+,24+,25-,27+,28-/m1/s1. The zero-order valence-corrected chi connectivity index (χ0v) is 27.3. The minimum atomic E-state index is -1.93. The van der Waals surface area contributed by atoms with Crippen LogP contribution in [0, 0.1) is 0 Å². The first-order chi connectivity index (χ1) is 21.9. The van der Waals surface area contributed by atoms with Crippen molar-refractivity contribution in [3.8, 4) is 0 Å². The van der Waals surface area contributed by atoms with Crippen LogP contribution in [0.3, 0.4) is 0 Å². The van der Waals surface area contributed by atoms with Crippen LogP contribution < -0.4 is 0 Å². The number of methoxy groups -OCH3 is 2. The van der Waals surface area contributed by atoms with Crippen molar-refractivity contribution < 1.29 is 85.7 Å². The van der Waals surface area contributed by atoms with Crippen molar-refractivity contribution in [2.75, 3.05) is 20.8 Å². The molecule has 0 saturated carbocycles. The number of hydrogen-bond acceptors (Lipinski definition) is 18. The van der Waals surface area contributed by atoms with Crippen LogP contribution in [-0.2, 0) is 85.7 Å². The molecule has 0 radical (unpaired) electrons. The molecular weight excluding hydrogens is 638 g/mol. The third-order valence-electron chi connectivity index (χ3n) is 6.70. The summed E-state index contributed by atoms with van der Waals surface area (Å²) < 4.78 is 54.8. The molecule has 0 bridgehead atoms. The topological polar surface area (TPSA) is 232 Å². The van der Waals surface area contributed by atoms with E-state index in [1.807, 2.05) is 0 Å². The Balaban J connectivity index is 2.86. The van der Waals surface area contributed by atoms with Crippen LogP contribution in [0.5, 0.6) is 0 Å². The fraction of sp³-hybridized carbons (Fsp3) is 0.714. The minimum Gasteiger partial charge on any atom is -0.467 e. The van der Waals surface area contributed by atoms with E-state index < -0.39 is 116 Å². The van der Waals surface area contributed by atoms with Gasteiger partial charge in [-0.2, -0.15) is 0 Å². The molecule has 19 nitrogen and oxygen atoms in total. The molecule has 0 aromatic rings. The van der Waals surface area contributed by atoms with Gasteiger partial charge in [0.1, 0.15) is 24.9 Å². The molecule has 0 aliphatic carbocycles. The molecule has 2 heterocycles. The Bertz CT molecular complexity index is 1210. The Morgan fingerprint density at radius 2 is 1.06 bits per heavy atom. The normalized spacial score (nSPS) is 30.1. The van der Waals surface area contributed by atoms with Crippen molar-refractivity contribution in [1.29, 1.82) is 0 Å². The van der Waals surface area contributed by atoms with Gasteiger partial charge in [-0.25, -0.2) is 4.79 Å². The van der Waals surface area contributed by atoms with E-state index in [4.69, 9.17) is 47.4 Å². The summed E-state index contributed by atoms with van der Waals surface area (Å²) in [4.78, 5) is 100. The SMILES string of the molecule is COC(=O)[C@H]1O[C@@H](OC)[C@H](OC(C)=O)[C@@H](OC(C)=O)[C@@H]1O[C@@H]1O[C@H](COC(C)=O)[C@H](OC(C)=O)[C@H](OC(C)=O)[C@H]1N(C(C)=O)C(C)=O. The highest BCUT2D eigenvalue weighted by molar-refractivity contribution is 5.93. The second kappa shape index (κ2) is 17.1. The minimum absolute atomic E-state index is 0.593. The number of carbonyl (C=O) groups is 8. The molecule has 2 aliphatic rings. The van der Waals surface area contributed by atoms with Gasteiger partial charge in [0.2, 0.25) is 11.8 Å². The van der Waals surface area contributed by atoms with E-state index in [2.05, 4.69) is 0 Å². The number of esters is 6. The van der Waals surface area contributed by atoms with Crippen LogP contribution in [0.2, 0.25) is 0 Å². The summed E-state index contributed by atoms with van der Waals surface area (Å²) in [6.07, 6.45) is -15.2. The molecule has 19 heteroatoms. The van der Waals surface area contributed by atoms with E-state index >= 15 is 0 Å². The molecule has 0 aromatic heterocycles. The predicted molar refractivity (Wildman–Crippen MR) is 147 cm³/mol. The Labute approximate surface area is 269 Å². The van der Waals surface area contributed by atoms with Crippen molar-refractivity contribution in [2.24, 2.45) is 0 Å². The second-order valence-electron chi connectivity index (χ2n) is 10.3. The van der Waals surface area contributed by atoms with Gasteiger partial charge in [-0.1, -0.05) is 0 Å². The molecule has 2 fully saturated rings. The predicted octanol–water partition coefficient (Wildman–Crippen LogP) is -1.31. The zero-order valence-electron chi connectivity index (χ0n) is 27.3. The van der Waals surface area contributed by atoms with Gasteiger partial charge >= 0.3 is 35.8 Å². The van der Waals surface area contributed by atoms with E-state index in [-0.39, 0.29) is 0 Å². The van der Waals surface area contributed by atoms with E-state index in [1.54, 1.807) is 0 Å². The van der Waals surface area contributed by atoms with E-state index in [0.29, 0.717) is 4.90 Å². The summed E-state index contributed by atoms with van der Waals surface area (Å²) in [5.41, 5.74) is 0. The number of imide groups is 1. The van der Waals surface area contributed by atoms with Crippen LogP contribution in [0.25, 0.3) is 0 Å². The summed E-state index contributed by atoms with van der Waals surface area (Å²) in [6.45, 7) is 6.50. The highest BCUT2D eigenvalue weighted by Gasteiger charge is 2.59. The first kappa shape index (κ1) is 39.0. The van der Waals surface area contributed by atoms with Crippen molar-refractivity contribution >= 4 is 47.6 Å². The molecule has 0 spiro atoms. The van der Waals surface area contributed by atoms with Crippen molar-refractivity contribution in [3.05, 3.63) is 0 Å². The maximum Gasteiger partial charge on any atom is 0.338 e.